The van der Waals surface area contributed by atoms with Gasteiger partial charge in [-0.05, 0) is 43.7 Å². The molecule has 1 aromatic carbocycles. The summed E-state index contributed by atoms with van der Waals surface area (Å²) in [5, 5.41) is 3.22. The number of hydrogen-bond acceptors (Lipinski definition) is 3. The van der Waals surface area contributed by atoms with Crippen LogP contribution < -0.4 is 5.32 Å². The van der Waals surface area contributed by atoms with Crippen LogP contribution in [0.4, 0.5) is 0 Å². The molecule has 0 spiro atoms. The number of nitrogens with zero attached hydrogens (tertiary/aromatic N) is 2. The van der Waals surface area contributed by atoms with Crippen LogP contribution in [0.15, 0.2) is 42.6 Å². The average Bonchev–Trinajstić information content (AvgIpc) is 2.53. The Balaban J connectivity index is 1.85. The van der Waals surface area contributed by atoms with Gasteiger partial charge in [0.2, 0.25) is 0 Å². The van der Waals surface area contributed by atoms with Gasteiger partial charge in [-0.15, -0.1) is 0 Å². The van der Waals surface area contributed by atoms with E-state index in [4.69, 9.17) is 0 Å². The highest BCUT2D eigenvalue weighted by Gasteiger charge is 2.36. The number of aromatic nitrogens is 2. The van der Waals surface area contributed by atoms with Gasteiger partial charge in [-0.25, -0.2) is 4.98 Å². The van der Waals surface area contributed by atoms with Gasteiger partial charge in [0.05, 0.1) is 17.2 Å². The molecule has 1 aromatic heterocycles. The predicted molar refractivity (Wildman–Crippen MR) is 92.2 cm³/mol. The number of rotatable bonds is 3. The topological polar surface area (TPSA) is 54.9 Å². The van der Waals surface area contributed by atoms with E-state index < -0.39 is 0 Å². The zero-order valence-corrected chi connectivity index (χ0v) is 13.8. The van der Waals surface area contributed by atoms with E-state index in [-0.39, 0.29) is 11.4 Å². The number of fused-ring (bicyclic) bond motifs is 1. The van der Waals surface area contributed by atoms with Gasteiger partial charge in [0.1, 0.15) is 5.69 Å². The van der Waals surface area contributed by atoms with Gasteiger partial charge < -0.3 is 5.32 Å². The van der Waals surface area contributed by atoms with Crippen LogP contribution >= 0.6 is 0 Å². The lowest BCUT2D eigenvalue weighted by atomic mass is 9.73. The molecule has 23 heavy (non-hydrogen) atoms. The minimum Gasteiger partial charge on any atom is -0.345 e. The number of nitrogens with one attached hydrogen (secondary N) is 1. The highest BCUT2D eigenvalue weighted by Crippen LogP contribution is 2.37. The van der Waals surface area contributed by atoms with Crippen molar-refractivity contribution >= 4 is 16.9 Å². The number of amides is 1. The van der Waals surface area contributed by atoms with Gasteiger partial charge in [0.15, 0.2) is 0 Å². The first kappa shape index (κ1) is 15.7. The third-order valence-corrected chi connectivity index (χ3v) is 4.70. The fourth-order valence-electron chi connectivity index (χ4n) is 3.68. The molecule has 2 unspecified atom stereocenters. The fourth-order valence-corrected chi connectivity index (χ4v) is 3.68. The largest absolute Gasteiger partial charge is 0.345 e. The zero-order chi connectivity index (χ0) is 16.4. The van der Waals surface area contributed by atoms with Crippen molar-refractivity contribution in [3.05, 3.63) is 48.3 Å². The van der Waals surface area contributed by atoms with Gasteiger partial charge in [-0.1, -0.05) is 38.1 Å². The molecule has 0 aliphatic heterocycles. The van der Waals surface area contributed by atoms with E-state index in [0.717, 1.165) is 36.7 Å². The molecule has 4 nitrogen and oxygen atoms in total. The molecule has 1 amide bonds. The van der Waals surface area contributed by atoms with Crippen molar-refractivity contribution in [1.82, 2.24) is 15.3 Å². The Morgan fingerprint density at radius 2 is 2.13 bits per heavy atom. The minimum atomic E-state index is -0.209. The Labute approximate surface area is 137 Å². The lowest BCUT2D eigenvalue weighted by molar-refractivity contribution is 0.0859. The van der Waals surface area contributed by atoms with Crippen molar-refractivity contribution in [2.45, 2.75) is 45.1 Å². The third kappa shape index (κ3) is 3.26. The number of benzene rings is 1. The Kier molecular flexibility index (Phi) is 4.16. The molecular weight excluding hydrogens is 286 g/mol. The number of carbonyl (C=O) groups is 1. The first-order valence-corrected chi connectivity index (χ1v) is 8.22. The molecule has 0 saturated heterocycles. The van der Waals surface area contributed by atoms with E-state index in [2.05, 4.69) is 35.7 Å². The molecule has 4 heteroatoms. The molecule has 2 aromatic rings. The molecule has 2 atom stereocenters. The molecule has 1 fully saturated rings. The van der Waals surface area contributed by atoms with Gasteiger partial charge in [-0.3, -0.25) is 9.78 Å². The first-order chi connectivity index (χ1) is 11.0. The standard InChI is InChI=1S/C19H23N3O/c1-4-19(10-13(2)9-14(3)11-19)22-18(23)17-12-20-15-7-5-6-8-16(15)21-17/h5-8,12,14H,2,4,9-11H2,1,3H3,(H,22,23). The van der Waals surface area contributed by atoms with Crippen molar-refractivity contribution in [3.63, 3.8) is 0 Å². The van der Waals surface area contributed by atoms with Crippen molar-refractivity contribution in [2.24, 2.45) is 5.92 Å². The van der Waals surface area contributed by atoms with E-state index in [9.17, 15) is 4.79 Å². The molecule has 1 N–H and O–H groups in total. The van der Waals surface area contributed by atoms with Gasteiger partial charge in [-0.2, -0.15) is 0 Å². The van der Waals surface area contributed by atoms with Crippen LogP contribution in [0.3, 0.4) is 0 Å². The van der Waals surface area contributed by atoms with Crippen molar-refractivity contribution < 1.29 is 4.79 Å². The van der Waals surface area contributed by atoms with Crippen molar-refractivity contribution in [3.8, 4) is 0 Å². The molecule has 1 heterocycles. The predicted octanol–water partition coefficient (Wildman–Crippen LogP) is 3.88. The lowest BCUT2D eigenvalue weighted by Crippen LogP contribution is -2.51. The van der Waals surface area contributed by atoms with Crippen LogP contribution in [0.25, 0.3) is 11.0 Å². The zero-order valence-electron chi connectivity index (χ0n) is 13.8. The summed E-state index contributed by atoms with van der Waals surface area (Å²) in [5.41, 5.74) is 2.93. The summed E-state index contributed by atoms with van der Waals surface area (Å²) in [5.74, 6) is 0.395. The van der Waals surface area contributed by atoms with Crippen LogP contribution in [-0.2, 0) is 0 Å². The third-order valence-electron chi connectivity index (χ3n) is 4.70. The van der Waals surface area contributed by atoms with Crippen molar-refractivity contribution in [1.29, 1.82) is 0 Å². The van der Waals surface area contributed by atoms with Gasteiger partial charge in [0.25, 0.3) is 5.91 Å². The lowest BCUT2D eigenvalue weighted by Gasteiger charge is -2.41. The molecule has 1 aliphatic rings. The second kappa shape index (κ2) is 6.11. The van der Waals surface area contributed by atoms with E-state index in [0.29, 0.717) is 11.6 Å². The maximum atomic E-state index is 12.7. The Hall–Kier alpha value is -2.23. The summed E-state index contributed by atoms with van der Waals surface area (Å²) >= 11 is 0. The van der Waals surface area contributed by atoms with Gasteiger partial charge >= 0.3 is 0 Å². The van der Waals surface area contributed by atoms with Crippen LogP contribution in [0.2, 0.25) is 0 Å². The minimum absolute atomic E-state index is 0.146. The normalized spacial score (nSPS) is 24.6. The molecule has 3 rings (SSSR count). The van der Waals surface area contributed by atoms with Crippen LogP contribution in [0.5, 0.6) is 0 Å². The van der Waals surface area contributed by atoms with Gasteiger partial charge in [0, 0.05) is 5.54 Å². The number of para-hydroxylation sites is 2. The fraction of sp³-hybridized carbons (Fsp3) is 0.421. The van der Waals surface area contributed by atoms with E-state index in [1.807, 2.05) is 24.3 Å². The summed E-state index contributed by atoms with van der Waals surface area (Å²) in [6.07, 6.45) is 5.33. The average molecular weight is 309 g/mol. The first-order valence-electron chi connectivity index (χ1n) is 8.22. The summed E-state index contributed by atoms with van der Waals surface area (Å²) in [6, 6.07) is 7.58. The molecule has 1 saturated carbocycles. The smallest absolute Gasteiger partial charge is 0.271 e. The monoisotopic (exact) mass is 309 g/mol. The second-order valence-electron chi connectivity index (χ2n) is 6.77. The molecule has 120 valence electrons. The Morgan fingerprint density at radius 1 is 1.39 bits per heavy atom. The quantitative estimate of drug-likeness (QED) is 0.875. The summed E-state index contributed by atoms with van der Waals surface area (Å²) in [4.78, 5) is 21.5. The van der Waals surface area contributed by atoms with Crippen LogP contribution in [0.1, 0.15) is 50.0 Å². The molecule has 1 aliphatic carbocycles. The maximum Gasteiger partial charge on any atom is 0.271 e. The van der Waals surface area contributed by atoms with Crippen molar-refractivity contribution in [2.75, 3.05) is 0 Å². The van der Waals surface area contributed by atoms with Crippen LogP contribution in [-0.4, -0.2) is 21.4 Å². The number of hydrogen-bond donors (Lipinski definition) is 1. The van der Waals surface area contributed by atoms with Crippen LogP contribution in [0, 0.1) is 5.92 Å². The highest BCUT2D eigenvalue weighted by atomic mass is 16.2. The van der Waals surface area contributed by atoms with E-state index >= 15 is 0 Å². The second-order valence-corrected chi connectivity index (χ2v) is 6.77. The Bertz CT molecular complexity index is 755. The number of carbonyl (C=O) groups excluding carboxylic acids is 1. The maximum absolute atomic E-state index is 12.7. The summed E-state index contributed by atoms with van der Waals surface area (Å²) in [7, 11) is 0. The van der Waals surface area contributed by atoms with E-state index in [1.54, 1.807) is 6.20 Å². The SMILES string of the molecule is C=C1CC(C)CC(CC)(NC(=O)c2cnc3ccccc3n2)C1. The Morgan fingerprint density at radius 3 is 2.83 bits per heavy atom. The molecule has 0 radical (unpaired) electrons. The molecular formula is C19H23N3O. The highest BCUT2D eigenvalue weighted by molar-refractivity contribution is 5.94. The van der Waals surface area contributed by atoms with E-state index in [1.165, 1.54) is 5.57 Å². The molecule has 0 bridgehead atoms. The summed E-state index contributed by atoms with van der Waals surface area (Å²) in [6.45, 7) is 8.49. The summed E-state index contributed by atoms with van der Waals surface area (Å²) < 4.78 is 0.